The number of hydrogen-bond acceptors (Lipinski definition) is 6. The first-order valence-corrected chi connectivity index (χ1v) is 12.3. The number of carbonyl (C=O) groups excluding carboxylic acids is 1. The summed E-state index contributed by atoms with van der Waals surface area (Å²) in [5, 5.41) is 3.44. The molecule has 34 heavy (non-hydrogen) atoms. The highest BCUT2D eigenvalue weighted by atomic mass is 35.5. The Labute approximate surface area is 206 Å². The van der Waals surface area contributed by atoms with E-state index in [-0.39, 0.29) is 29.2 Å². The van der Waals surface area contributed by atoms with E-state index in [1.54, 1.807) is 6.07 Å². The van der Waals surface area contributed by atoms with E-state index in [1.807, 2.05) is 49.4 Å². The van der Waals surface area contributed by atoms with Crippen LogP contribution in [-0.4, -0.2) is 30.7 Å². The van der Waals surface area contributed by atoms with Crippen LogP contribution in [0.5, 0.6) is 0 Å². The van der Waals surface area contributed by atoms with Crippen LogP contribution in [0.25, 0.3) is 11.2 Å². The minimum atomic E-state index is -0.468. The van der Waals surface area contributed by atoms with E-state index in [1.165, 1.54) is 34.3 Å². The molecular weight excluding hydrogens is 470 g/mol. The van der Waals surface area contributed by atoms with Crippen LogP contribution >= 0.6 is 23.4 Å². The predicted octanol–water partition coefficient (Wildman–Crippen LogP) is 4.96. The van der Waals surface area contributed by atoms with Gasteiger partial charge < -0.3 is 5.32 Å². The second-order valence-electron chi connectivity index (χ2n) is 7.66. The van der Waals surface area contributed by atoms with Gasteiger partial charge in [0.15, 0.2) is 16.3 Å². The summed E-state index contributed by atoms with van der Waals surface area (Å²) in [6.07, 6.45) is 4.43. The van der Waals surface area contributed by atoms with Crippen LogP contribution < -0.4 is 10.9 Å². The molecule has 4 aromatic rings. The summed E-state index contributed by atoms with van der Waals surface area (Å²) in [5.41, 5.74) is 2.79. The lowest BCUT2D eigenvalue weighted by atomic mass is 10.1. The van der Waals surface area contributed by atoms with Crippen molar-refractivity contribution in [2.75, 3.05) is 5.32 Å². The lowest BCUT2D eigenvalue weighted by Crippen LogP contribution is -2.29. The summed E-state index contributed by atoms with van der Waals surface area (Å²) in [4.78, 5) is 39.4. The van der Waals surface area contributed by atoms with Gasteiger partial charge in [0.25, 0.3) is 5.56 Å². The van der Waals surface area contributed by atoms with Gasteiger partial charge in [-0.3, -0.25) is 14.2 Å². The molecule has 0 aliphatic heterocycles. The molecule has 0 saturated heterocycles. The molecule has 1 N–H and O–H groups in total. The van der Waals surface area contributed by atoms with E-state index in [2.05, 4.69) is 27.2 Å². The Morgan fingerprint density at radius 3 is 2.53 bits per heavy atom. The van der Waals surface area contributed by atoms with Gasteiger partial charge in [-0.2, -0.15) is 0 Å². The van der Waals surface area contributed by atoms with Crippen molar-refractivity contribution >= 4 is 46.1 Å². The van der Waals surface area contributed by atoms with E-state index >= 15 is 0 Å². The van der Waals surface area contributed by atoms with Crippen LogP contribution in [0.2, 0.25) is 5.02 Å². The standard InChI is InChI=1S/C25H24ClN5O2S/c1-3-16-9-11-18(12-10-16)29-23(32)20(4-2)34-25-30-22-21(27-13-14-28-22)24(33)31(25)15-17-7-5-6-8-19(17)26/h5-14,20H,3-4,15H2,1-2H3,(H,29,32)/t20-/m0/s1. The third-order valence-electron chi connectivity index (χ3n) is 5.39. The first kappa shape index (κ1) is 23.9. The van der Waals surface area contributed by atoms with Crippen molar-refractivity contribution in [1.82, 2.24) is 19.5 Å². The molecular formula is C25H24ClN5O2S. The first-order chi connectivity index (χ1) is 16.5. The average Bonchev–Trinajstić information content (AvgIpc) is 2.86. The molecule has 2 aromatic carbocycles. The van der Waals surface area contributed by atoms with Gasteiger partial charge in [-0.1, -0.05) is 67.5 Å². The maximum atomic E-state index is 13.3. The van der Waals surface area contributed by atoms with Crippen LogP contribution in [0.4, 0.5) is 5.69 Å². The molecule has 0 spiro atoms. The fourth-order valence-corrected chi connectivity index (χ4v) is 4.65. The largest absolute Gasteiger partial charge is 0.325 e. The Bertz CT molecular complexity index is 1370. The second-order valence-corrected chi connectivity index (χ2v) is 9.24. The SMILES string of the molecule is CCc1ccc(NC(=O)[C@H](CC)Sc2nc3nccnc3c(=O)n2Cc2ccccc2Cl)cc1. The number of carbonyl (C=O) groups is 1. The molecule has 9 heteroatoms. The van der Waals surface area contributed by atoms with Crippen LogP contribution in [-0.2, 0) is 17.8 Å². The highest BCUT2D eigenvalue weighted by Gasteiger charge is 2.23. The van der Waals surface area contributed by atoms with Gasteiger partial charge in [0.2, 0.25) is 5.91 Å². The number of nitrogens with zero attached hydrogens (tertiary/aromatic N) is 4. The van der Waals surface area contributed by atoms with Crippen LogP contribution in [0.15, 0.2) is 70.9 Å². The van der Waals surface area contributed by atoms with Crippen molar-refractivity contribution in [3.63, 3.8) is 0 Å². The number of thioether (sulfide) groups is 1. The quantitative estimate of drug-likeness (QED) is 0.275. The molecule has 0 radical (unpaired) electrons. The molecule has 0 unspecified atom stereocenters. The summed E-state index contributed by atoms with van der Waals surface area (Å²) in [6.45, 7) is 4.21. The summed E-state index contributed by atoms with van der Waals surface area (Å²) in [5.74, 6) is -0.158. The van der Waals surface area contributed by atoms with Crippen molar-refractivity contribution in [3.05, 3.63) is 87.4 Å². The molecule has 0 saturated carbocycles. The Balaban J connectivity index is 1.67. The fraction of sp³-hybridized carbons (Fsp3) is 0.240. The van der Waals surface area contributed by atoms with Gasteiger partial charge in [0.05, 0.1) is 11.8 Å². The van der Waals surface area contributed by atoms with Crippen molar-refractivity contribution in [1.29, 1.82) is 0 Å². The Morgan fingerprint density at radius 1 is 1.09 bits per heavy atom. The zero-order valence-corrected chi connectivity index (χ0v) is 20.4. The van der Waals surface area contributed by atoms with Crippen molar-refractivity contribution in [2.24, 2.45) is 0 Å². The molecule has 2 aromatic heterocycles. The number of amides is 1. The zero-order chi connectivity index (χ0) is 24.1. The van der Waals surface area contributed by atoms with Crippen LogP contribution in [0.3, 0.4) is 0 Å². The third-order valence-corrected chi connectivity index (χ3v) is 7.11. The molecule has 7 nitrogen and oxygen atoms in total. The lowest BCUT2D eigenvalue weighted by Gasteiger charge is -2.18. The summed E-state index contributed by atoms with van der Waals surface area (Å²) in [7, 11) is 0. The molecule has 1 atom stereocenters. The van der Waals surface area contributed by atoms with Gasteiger partial charge in [-0.05, 0) is 42.2 Å². The number of aromatic nitrogens is 4. The van der Waals surface area contributed by atoms with Crippen molar-refractivity contribution in [2.45, 2.75) is 43.6 Å². The van der Waals surface area contributed by atoms with Gasteiger partial charge in [0.1, 0.15) is 0 Å². The second kappa shape index (κ2) is 10.8. The molecule has 0 aliphatic rings. The number of halogens is 1. The normalized spacial score (nSPS) is 12.0. The molecule has 0 aliphatic carbocycles. The predicted molar refractivity (Wildman–Crippen MR) is 137 cm³/mol. The summed E-state index contributed by atoms with van der Waals surface area (Å²) in [6, 6.07) is 15.1. The molecule has 174 valence electrons. The van der Waals surface area contributed by atoms with Gasteiger partial charge in [-0.15, -0.1) is 0 Å². The monoisotopic (exact) mass is 493 g/mol. The first-order valence-electron chi connectivity index (χ1n) is 11.0. The molecule has 1 amide bonds. The number of anilines is 1. The van der Waals surface area contributed by atoms with E-state index in [4.69, 9.17) is 11.6 Å². The topological polar surface area (TPSA) is 89.8 Å². The maximum Gasteiger partial charge on any atom is 0.282 e. The highest BCUT2D eigenvalue weighted by molar-refractivity contribution is 8.00. The zero-order valence-electron chi connectivity index (χ0n) is 18.9. The van der Waals surface area contributed by atoms with Crippen molar-refractivity contribution in [3.8, 4) is 0 Å². The average molecular weight is 494 g/mol. The minimum absolute atomic E-state index is 0.158. The molecule has 4 rings (SSSR count). The van der Waals surface area contributed by atoms with Crippen LogP contribution in [0.1, 0.15) is 31.4 Å². The van der Waals surface area contributed by atoms with E-state index in [0.29, 0.717) is 16.6 Å². The number of hydrogen-bond donors (Lipinski definition) is 1. The number of benzene rings is 2. The van der Waals surface area contributed by atoms with Gasteiger partial charge >= 0.3 is 0 Å². The Kier molecular flexibility index (Phi) is 7.59. The van der Waals surface area contributed by atoms with E-state index in [9.17, 15) is 9.59 Å². The number of fused-ring (bicyclic) bond motifs is 1. The van der Waals surface area contributed by atoms with E-state index < -0.39 is 5.25 Å². The number of aryl methyl sites for hydroxylation is 1. The molecule has 0 bridgehead atoms. The third kappa shape index (κ3) is 5.29. The van der Waals surface area contributed by atoms with Gasteiger partial charge in [-0.25, -0.2) is 15.0 Å². The summed E-state index contributed by atoms with van der Waals surface area (Å²) >= 11 is 7.59. The Hall–Kier alpha value is -3.23. The fourth-order valence-electron chi connectivity index (χ4n) is 3.45. The summed E-state index contributed by atoms with van der Waals surface area (Å²) < 4.78 is 1.51. The molecule has 2 heterocycles. The van der Waals surface area contributed by atoms with Crippen molar-refractivity contribution < 1.29 is 4.79 Å². The lowest BCUT2D eigenvalue weighted by molar-refractivity contribution is -0.115. The number of nitrogens with one attached hydrogen (secondary N) is 1. The number of rotatable bonds is 8. The maximum absolute atomic E-state index is 13.3. The Morgan fingerprint density at radius 2 is 1.82 bits per heavy atom. The molecule has 0 fully saturated rings. The van der Waals surface area contributed by atoms with Crippen LogP contribution in [0, 0.1) is 0 Å². The van der Waals surface area contributed by atoms with E-state index in [0.717, 1.165) is 17.7 Å². The minimum Gasteiger partial charge on any atom is -0.325 e. The van der Waals surface area contributed by atoms with Gasteiger partial charge in [0, 0.05) is 23.1 Å². The highest BCUT2D eigenvalue weighted by Crippen LogP contribution is 2.27. The smallest absolute Gasteiger partial charge is 0.282 e.